The van der Waals surface area contributed by atoms with Gasteiger partial charge in [0.2, 0.25) is 0 Å². The van der Waals surface area contributed by atoms with Gasteiger partial charge in [-0.2, -0.15) is 0 Å². The summed E-state index contributed by atoms with van der Waals surface area (Å²) in [5.41, 5.74) is 0. The molecule has 0 saturated heterocycles. The monoisotopic (exact) mass is 354 g/mol. The summed E-state index contributed by atoms with van der Waals surface area (Å²) in [6.45, 7) is 3.44. The van der Waals surface area contributed by atoms with E-state index in [-0.39, 0.29) is 0 Å². The van der Waals surface area contributed by atoms with Crippen LogP contribution in [0.1, 0.15) is 90.9 Å². The fraction of sp³-hybridized carbons (Fsp3) is 0.750. The zero-order valence-corrected chi connectivity index (χ0v) is 16.6. The first-order chi connectivity index (χ1) is 12.6. The minimum absolute atomic E-state index is 0.295. The van der Waals surface area contributed by atoms with Gasteiger partial charge in [0.25, 0.3) is 0 Å². The summed E-state index contributed by atoms with van der Waals surface area (Å²) in [5.74, 6) is 15.8. The van der Waals surface area contributed by atoms with E-state index in [0.29, 0.717) is 35.2 Å². The molecule has 0 aromatic heterocycles. The van der Waals surface area contributed by atoms with E-state index in [2.05, 4.69) is 23.7 Å². The minimum atomic E-state index is 0.295. The Morgan fingerprint density at radius 2 is 1.00 bits per heavy atom. The minimum Gasteiger partial charge on any atom is -0.300 e. The molecule has 0 aromatic carbocycles. The Labute approximate surface area is 159 Å². The summed E-state index contributed by atoms with van der Waals surface area (Å²) in [4.78, 5) is 22.7. The number of rotatable bonds is 5. The molecule has 2 heteroatoms. The molecular formula is C24H34O2. The molecule has 0 heterocycles. The van der Waals surface area contributed by atoms with Crippen molar-refractivity contribution < 1.29 is 9.59 Å². The first kappa shape index (κ1) is 20.8. The van der Waals surface area contributed by atoms with E-state index in [4.69, 9.17) is 0 Å². The third-order valence-electron chi connectivity index (χ3n) is 6.07. The van der Waals surface area contributed by atoms with Gasteiger partial charge in [-0.05, 0) is 78.1 Å². The molecule has 0 aromatic rings. The van der Waals surface area contributed by atoms with Gasteiger partial charge in [0.05, 0.1) is 0 Å². The zero-order chi connectivity index (χ0) is 18.8. The molecular weight excluding hydrogens is 320 g/mol. The van der Waals surface area contributed by atoms with Crippen LogP contribution in [0.3, 0.4) is 0 Å². The first-order valence-corrected chi connectivity index (χ1v) is 10.5. The van der Waals surface area contributed by atoms with Gasteiger partial charge in [0.15, 0.2) is 0 Å². The molecule has 2 rings (SSSR count). The van der Waals surface area contributed by atoms with Crippen molar-refractivity contribution in [3.05, 3.63) is 0 Å². The third kappa shape index (κ3) is 7.37. The predicted octanol–water partition coefficient (Wildman–Crippen LogP) is 5.34. The summed E-state index contributed by atoms with van der Waals surface area (Å²) in [5, 5.41) is 0. The lowest BCUT2D eigenvalue weighted by molar-refractivity contribution is -0.122. The van der Waals surface area contributed by atoms with Crippen LogP contribution in [0, 0.1) is 47.4 Å². The molecule has 0 bridgehead atoms. The molecule has 0 N–H and O–H groups in total. The summed E-state index contributed by atoms with van der Waals surface area (Å²) in [7, 11) is 0. The summed E-state index contributed by atoms with van der Waals surface area (Å²) >= 11 is 0. The molecule has 0 unspecified atom stereocenters. The van der Waals surface area contributed by atoms with Gasteiger partial charge in [-0.3, -0.25) is 9.59 Å². The van der Waals surface area contributed by atoms with Crippen LogP contribution in [0.5, 0.6) is 0 Å². The Bertz CT molecular complexity index is 525. The van der Waals surface area contributed by atoms with E-state index in [1.807, 2.05) is 0 Å². The number of carbonyl (C=O) groups is 2. The largest absolute Gasteiger partial charge is 0.300 e. The quantitative estimate of drug-likeness (QED) is 0.493. The molecule has 2 saturated carbocycles. The maximum atomic E-state index is 11.4. The van der Waals surface area contributed by atoms with Crippen LogP contribution < -0.4 is 0 Å². The Hall–Kier alpha value is -1.54. The van der Waals surface area contributed by atoms with Crippen molar-refractivity contribution in [1.82, 2.24) is 0 Å². The summed E-state index contributed by atoms with van der Waals surface area (Å²) < 4.78 is 0. The molecule has 0 atom stereocenters. The second kappa shape index (κ2) is 11.2. The molecule has 26 heavy (non-hydrogen) atoms. The van der Waals surface area contributed by atoms with Gasteiger partial charge in [-0.1, -0.05) is 11.8 Å². The maximum absolute atomic E-state index is 11.4. The highest BCUT2D eigenvalue weighted by Gasteiger charge is 2.23. The van der Waals surface area contributed by atoms with Gasteiger partial charge >= 0.3 is 0 Å². The van der Waals surface area contributed by atoms with Crippen LogP contribution in [0.15, 0.2) is 0 Å². The SMILES string of the molecule is CC(=O)C1CCC(C#CCCCCC#CC2CCC(C(C)=O)CC2)CC1. The molecule has 2 fully saturated rings. The number of hydrogen-bond donors (Lipinski definition) is 0. The fourth-order valence-electron chi connectivity index (χ4n) is 4.15. The molecule has 2 nitrogen and oxygen atoms in total. The fourth-order valence-corrected chi connectivity index (χ4v) is 4.15. The van der Waals surface area contributed by atoms with Gasteiger partial charge in [0, 0.05) is 36.5 Å². The third-order valence-corrected chi connectivity index (χ3v) is 6.07. The molecule has 2 aliphatic rings. The summed E-state index contributed by atoms with van der Waals surface area (Å²) in [6.07, 6.45) is 12.7. The van der Waals surface area contributed by atoms with Crippen molar-refractivity contribution in [2.45, 2.75) is 90.9 Å². The van der Waals surface area contributed by atoms with Crippen molar-refractivity contribution in [3.63, 3.8) is 0 Å². The van der Waals surface area contributed by atoms with E-state index < -0.39 is 0 Å². The van der Waals surface area contributed by atoms with Crippen LogP contribution in [-0.4, -0.2) is 11.6 Å². The Morgan fingerprint density at radius 1 is 0.654 bits per heavy atom. The van der Waals surface area contributed by atoms with E-state index in [9.17, 15) is 9.59 Å². The average molecular weight is 355 g/mol. The van der Waals surface area contributed by atoms with E-state index in [1.165, 1.54) is 0 Å². The van der Waals surface area contributed by atoms with Gasteiger partial charge in [-0.25, -0.2) is 0 Å². The summed E-state index contributed by atoms with van der Waals surface area (Å²) in [6, 6.07) is 0. The van der Waals surface area contributed by atoms with E-state index >= 15 is 0 Å². The highest BCUT2D eigenvalue weighted by atomic mass is 16.1. The molecule has 2 aliphatic carbocycles. The topological polar surface area (TPSA) is 34.1 Å². The van der Waals surface area contributed by atoms with Crippen LogP contribution in [0.2, 0.25) is 0 Å². The second-order valence-corrected chi connectivity index (χ2v) is 8.17. The molecule has 0 aliphatic heterocycles. The van der Waals surface area contributed by atoms with Crippen LogP contribution in [0.4, 0.5) is 0 Å². The molecule has 0 radical (unpaired) electrons. The highest BCUT2D eigenvalue weighted by molar-refractivity contribution is 5.78. The Kier molecular flexibility index (Phi) is 8.97. The van der Waals surface area contributed by atoms with E-state index in [1.54, 1.807) is 13.8 Å². The van der Waals surface area contributed by atoms with Gasteiger partial charge in [0.1, 0.15) is 11.6 Å². The molecule has 0 amide bonds. The number of ketones is 2. The number of unbranched alkanes of at least 4 members (excludes halogenated alkanes) is 3. The highest BCUT2D eigenvalue weighted by Crippen LogP contribution is 2.29. The Balaban J connectivity index is 1.52. The van der Waals surface area contributed by atoms with Gasteiger partial charge < -0.3 is 0 Å². The lowest BCUT2D eigenvalue weighted by Gasteiger charge is -2.23. The maximum Gasteiger partial charge on any atom is 0.132 e. The molecule has 142 valence electrons. The standard InChI is InChI=1S/C24H34O2/c1-19(25)23-15-11-21(12-16-23)9-7-5-3-4-6-8-10-22-13-17-24(18-14-22)20(2)26/h21-24H,3-6,11-18H2,1-2H3. The lowest BCUT2D eigenvalue weighted by Crippen LogP contribution is -2.19. The normalized spacial score (nSPS) is 28.2. The zero-order valence-electron chi connectivity index (χ0n) is 16.6. The second-order valence-electron chi connectivity index (χ2n) is 8.17. The number of Topliss-reactive ketones (excluding diaryl/α,β-unsaturated/α-hetero) is 2. The van der Waals surface area contributed by atoms with Crippen LogP contribution in [-0.2, 0) is 9.59 Å². The first-order valence-electron chi connectivity index (χ1n) is 10.5. The smallest absolute Gasteiger partial charge is 0.132 e. The van der Waals surface area contributed by atoms with Crippen molar-refractivity contribution in [2.24, 2.45) is 23.7 Å². The molecule has 0 spiro atoms. The average Bonchev–Trinajstić information content (AvgIpc) is 2.64. The number of hydrogen-bond acceptors (Lipinski definition) is 2. The van der Waals surface area contributed by atoms with E-state index in [0.717, 1.165) is 77.0 Å². The van der Waals surface area contributed by atoms with Crippen LogP contribution >= 0.6 is 0 Å². The predicted molar refractivity (Wildman–Crippen MR) is 106 cm³/mol. The number of carbonyl (C=O) groups excluding carboxylic acids is 2. The van der Waals surface area contributed by atoms with Crippen LogP contribution in [0.25, 0.3) is 0 Å². The Morgan fingerprint density at radius 3 is 1.31 bits per heavy atom. The van der Waals surface area contributed by atoms with Crippen molar-refractivity contribution in [3.8, 4) is 23.7 Å². The lowest BCUT2D eigenvalue weighted by atomic mass is 9.80. The van der Waals surface area contributed by atoms with Gasteiger partial charge in [-0.15, -0.1) is 11.8 Å². The van der Waals surface area contributed by atoms with Crippen molar-refractivity contribution in [1.29, 1.82) is 0 Å². The van der Waals surface area contributed by atoms with Crippen molar-refractivity contribution in [2.75, 3.05) is 0 Å². The van der Waals surface area contributed by atoms with Crippen molar-refractivity contribution >= 4 is 11.6 Å².